The molecule has 0 aliphatic rings. The molecule has 4 heteroatoms. The van der Waals surface area contributed by atoms with E-state index in [0.717, 1.165) is 10.0 Å². The fraction of sp³-hybridized carbons (Fsp3) is 0.364. The Kier molecular flexibility index (Phi) is 3.88. The molecule has 1 aromatic carbocycles. The van der Waals surface area contributed by atoms with Crippen molar-refractivity contribution in [3.8, 4) is 0 Å². The fourth-order valence-electron chi connectivity index (χ4n) is 1.00. The second-order valence-electron chi connectivity index (χ2n) is 3.87. The molecule has 1 aromatic rings. The number of carbonyl (C=O) groups excluding carboxylic acids is 1. The summed E-state index contributed by atoms with van der Waals surface area (Å²) in [6, 6.07) is 7.64. The van der Waals surface area contributed by atoms with Gasteiger partial charge in [0, 0.05) is 11.0 Å². The first-order valence-electron chi connectivity index (χ1n) is 4.65. The molecule has 1 rings (SSSR count). The summed E-state index contributed by atoms with van der Waals surface area (Å²) >= 11 is 3.33. The lowest BCUT2D eigenvalue weighted by atomic mass is 10.1. The van der Waals surface area contributed by atoms with Crippen LogP contribution >= 0.6 is 15.9 Å². The zero-order valence-corrected chi connectivity index (χ0v) is 10.3. The van der Waals surface area contributed by atoms with Crippen LogP contribution in [0.2, 0.25) is 0 Å². The van der Waals surface area contributed by atoms with E-state index in [1.807, 2.05) is 24.3 Å². The summed E-state index contributed by atoms with van der Waals surface area (Å²) in [7, 11) is 0. The monoisotopic (exact) mass is 271 g/mol. The van der Waals surface area contributed by atoms with E-state index in [2.05, 4.69) is 21.2 Å². The van der Waals surface area contributed by atoms with Crippen molar-refractivity contribution in [2.45, 2.75) is 26.0 Å². The Labute approximate surface area is 97.6 Å². The van der Waals surface area contributed by atoms with Crippen molar-refractivity contribution in [3.63, 3.8) is 0 Å². The minimum absolute atomic E-state index is 0.370. The Morgan fingerprint density at radius 3 is 2.40 bits per heavy atom. The molecule has 15 heavy (non-hydrogen) atoms. The van der Waals surface area contributed by atoms with Crippen molar-refractivity contribution < 1.29 is 9.90 Å². The zero-order chi connectivity index (χ0) is 11.5. The van der Waals surface area contributed by atoms with E-state index in [4.69, 9.17) is 0 Å². The molecule has 0 fully saturated rings. The SMILES string of the molecule is CC(C)(O)C(=O)NCc1ccc(Br)cc1. The molecule has 0 aliphatic carbocycles. The van der Waals surface area contributed by atoms with Gasteiger partial charge in [0.1, 0.15) is 5.60 Å². The second-order valence-corrected chi connectivity index (χ2v) is 4.78. The maximum absolute atomic E-state index is 11.3. The molecule has 0 unspecified atom stereocenters. The topological polar surface area (TPSA) is 49.3 Å². The van der Waals surface area contributed by atoms with E-state index in [0.29, 0.717) is 6.54 Å². The van der Waals surface area contributed by atoms with Crippen molar-refractivity contribution in [1.82, 2.24) is 5.32 Å². The van der Waals surface area contributed by atoms with Crippen molar-refractivity contribution >= 4 is 21.8 Å². The van der Waals surface area contributed by atoms with Gasteiger partial charge in [-0.3, -0.25) is 4.79 Å². The number of hydrogen-bond donors (Lipinski definition) is 2. The third kappa shape index (κ3) is 4.01. The van der Waals surface area contributed by atoms with Gasteiger partial charge >= 0.3 is 0 Å². The number of aliphatic hydroxyl groups is 1. The lowest BCUT2D eigenvalue weighted by Gasteiger charge is -2.16. The smallest absolute Gasteiger partial charge is 0.251 e. The molecule has 0 radical (unpaired) electrons. The molecule has 0 heterocycles. The van der Waals surface area contributed by atoms with E-state index in [1.54, 1.807) is 0 Å². The molecule has 0 saturated carbocycles. The van der Waals surface area contributed by atoms with Gasteiger partial charge in [0.05, 0.1) is 0 Å². The summed E-state index contributed by atoms with van der Waals surface area (Å²) < 4.78 is 1.00. The highest BCUT2D eigenvalue weighted by Crippen LogP contribution is 2.10. The summed E-state index contributed by atoms with van der Waals surface area (Å²) in [5, 5.41) is 12.0. The molecule has 0 atom stereocenters. The number of carbonyl (C=O) groups is 1. The molecule has 0 aromatic heterocycles. The Hall–Kier alpha value is -0.870. The number of hydrogen-bond acceptors (Lipinski definition) is 2. The highest BCUT2D eigenvalue weighted by Gasteiger charge is 2.22. The highest BCUT2D eigenvalue weighted by atomic mass is 79.9. The van der Waals surface area contributed by atoms with Crippen molar-refractivity contribution in [1.29, 1.82) is 0 Å². The molecule has 0 saturated heterocycles. The minimum atomic E-state index is -1.32. The predicted octanol–water partition coefficient (Wildman–Crippen LogP) is 1.84. The summed E-state index contributed by atoms with van der Waals surface area (Å²) in [6.45, 7) is 3.35. The summed E-state index contributed by atoms with van der Waals surface area (Å²) in [6.07, 6.45) is 0. The van der Waals surface area contributed by atoms with Gasteiger partial charge in [-0.15, -0.1) is 0 Å². The number of benzene rings is 1. The summed E-state index contributed by atoms with van der Waals surface area (Å²) in [5.74, 6) is -0.370. The van der Waals surface area contributed by atoms with Gasteiger partial charge in [-0.1, -0.05) is 28.1 Å². The first-order chi connectivity index (χ1) is 6.89. The van der Waals surface area contributed by atoms with Gasteiger partial charge in [0.15, 0.2) is 0 Å². The molecule has 0 aliphatic heterocycles. The van der Waals surface area contributed by atoms with Crippen molar-refractivity contribution in [2.24, 2.45) is 0 Å². The van der Waals surface area contributed by atoms with Crippen LogP contribution in [-0.4, -0.2) is 16.6 Å². The van der Waals surface area contributed by atoms with Crippen LogP contribution in [0.25, 0.3) is 0 Å². The van der Waals surface area contributed by atoms with E-state index in [1.165, 1.54) is 13.8 Å². The van der Waals surface area contributed by atoms with Crippen molar-refractivity contribution in [2.75, 3.05) is 0 Å². The van der Waals surface area contributed by atoms with Crippen LogP contribution in [-0.2, 0) is 11.3 Å². The Morgan fingerprint density at radius 2 is 1.93 bits per heavy atom. The molecule has 3 nitrogen and oxygen atoms in total. The molecule has 0 spiro atoms. The van der Waals surface area contributed by atoms with Gasteiger partial charge in [0.25, 0.3) is 5.91 Å². The number of nitrogens with one attached hydrogen (secondary N) is 1. The van der Waals surface area contributed by atoms with Gasteiger partial charge in [-0.25, -0.2) is 0 Å². The maximum atomic E-state index is 11.3. The van der Waals surface area contributed by atoms with Gasteiger partial charge < -0.3 is 10.4 Å². The number of rotatable bonds is 3. The largest absolute Gasteiger partial charge is 0.381 e. The summed E-state index contributed by atoms with van der Waals surface area (Å²) in [5.41, 5.74) is -0.328. The third-order valence-electron chi connectivity index (χ3n) is 1.92. The van der Waals surface area contributed by atoms with Crippen LogP contribution in [0.15, 0.2) is 28.7 Å². The second kappa shape index (κ2) is 4.77. The van der Waals surface area contributed by atoms with Crippen LogP contribution in [0.3, 0.4) is 0 Å². The average molecular weight is 272 g/mol. The first-order valence-corrected chi connectivity index (χ1v) is 5.44. The molecule has 82 valence electrons. The normalized spacial score (nSPS) is 11.2. The van der Waals surface area contributed by atoms with E-state index in [9.17, 15) is 9.90 Å². The molecule has 0 bridgehead atoms. The molecule has 2 N–H and O–H groups in total. The maximum Gasteiger partial charge on any atom is 0.251 e. The quantitative estimate of drug-likeness (QED) is 0.882. The van der Waals surface area contributed by atoms with Crippen LogP contribution in [0.4, 0.5) is 0 Å². The third-order valence-corrected chi connectivity index (χ3v) is 2.45. The average Bonchev–Trinajstić information content (AvgIpc) is 2.15. The number of amides is 1. The Morgan fingerprint density at radius 1 is 1.40 bits per heavy atom. The van der Waals surface area contributed by atoms with E-state index >= 15 is 0 Å². The minimum Gasteiger partial charge on any atom is -0.381 e. The molecular formula is C11H14BrNO2. The van der Waals surface area contributed by atoms with Crippen LogP contribution in [0, 0.1) is 0 Å². The highest BCUT2D eigenvalue weighted by molar-refractivity contribution is 9.10. The Bertz CT molecular complexity index is 341. The number of halogens is 1. The standard InChI is InChI=1S/C11H14BrNO2/c1-11(2,15)10(14)13-7-8-3-5-9(12)6-4-8/h3-6,15H,7H2,1-2H3,(H,13,14). The molecule has 1 amide bonds. The summed E-state index contributed by atoms with van der Waals surface area (Å²) in [4.78, 5) is 11.3. The van der Waals surface area contributed by atoms with Gasteiger partial charge in [-0.2, -0.15) is 0 Å². The fourth-order valence-corrected chi connectivity index (χ4v) is 1.27. The lowest BCUT2D eigenvalue weighted by Crippen LogP contribution is -2.41. The van der Waals surface area contributed by atoms with E-state index in [-0.39, 0.29) is 5.91 Å². The predicted molar refractivity (Wildman–Crippen MR) is 62.3 cm³/mol. The van der Waals surface area contributed by atoms with Crippen molar-refractivity contribution in [3.05, 3.63) is 34.3 Å². The van der Waals surface area contributed by atoms with Crippen LogP contribution < -0.4 is 5.32 Å². The Balaban J connectivity index is 2.51. The van der Waals surface area contributed by atoms with Crippen LogP contribution in [0.5, 0.6) is 0 Å². The lowest BCUT2D eigenvalue weighted by molar-refractivity contribution is -0.136. The van der Waals surface area contributed by atoms with Gasteiger partial charge in [0.2, 0.25) is 0 Å². The van der Waals surface area contributed by atoms with E-state index < -0.39 is 5.60 Å². The zero-order valence-electron chi connectivity index (χ0n) is 8.75. The van der Waals surface area contributed by atoms with Crippen LogP contribution in [0.1, 0.15) is 19.4 Å². The first kappa shape index (κ1) is 12.2. The molecular weight excluding hydrogens is 258 g/mol. The van der Waals surface area contributed by atoms with Gasteiger partial charge in [-0.05, 0) is 31.5 Å².